The van der Waals surface area contributed by atoms with E-state index in [4.69, 9.17) is 0 Å². The van der Waals surface area contributed by atoms with Crippen LogP contribution in [-0.4, -0.2) is 36.7 Å². The van der Waals surface area contributed by atoms with Gasteiger partial charge in [0, 0.05) is 40.9 Å². The average molecular weight is 525 g/mol. The van der Waals surface area contributed by atoms with E-state index in [9.17, 15) is 30.4 Å². The van der Waals surface area contributed by atoms with Crippen LogP contribution in [-0.2, 0) is 10.2 Å². The second-order valence-electron chi connectivity index (χ2n) is 8.53. The summed E-state index contributed by atoms with van der Waals surface area (Å²) in [6.07, 6.45) is -3.68. The standard InChI is InChI=1S/C24H20F5N3O3S/c25-15-3-9-22-20(12-15)21-13-16(26)4-10-23(21)32(22)18-2-1-11-31(14-18)36(33,34)30-17-5-7-19(8-6-17)35-24(27,28)29/h3-10,12-13,18,30H,1-2,11,14H2. The van der Waals surface area contributed by atoms with E-state index in [0.717, 1.165) is 12.1 Å². The number of hydrogen-bond acceptors (Lipinski definition) is 3. The molecule has 5 rings (SSSR count). The normalized spacial score (nSPS) is 17.5. The molecular weight excluding hydrogens is 505 g/mol. The Balaban J connectivity index is 1.42. The molecule has 0 aliphatic carbocycles. The number of benzene rings is 3. The third kappa shape index (κ3) is 4.82. The highest BCUT2D eigenvalue weighted by atomic mass is 32.2. The second kappa shape index (κ2) is 8.93. The number of piperidine rings is 1. The lowest BCUT2D eigenvalue weighted by molar-refractivity contribution is -0.274. The molecular formula is C24H20F5N3O3S. The molecule has 0 bridgehead atoms. The van der Waals surface area contributed by atoms with Crippen molar-refractivity contribution in [3.05, 3.63) is 72.3 Å². The zero-order valence-electron chi connectivity index (χ0n) is 18.6. The highest BCUT2D eigenvalue weighted by Crippen LogP contribution is 2.36. The summed E-state index contributed by atoms with van der Waals surface area (Å²) in [6, 6.07) is 12.5. The molecule has 1 aliphatic heterocycles. The molecule has 1 unspecified atom stereocenters. The molecule has 0 amide bonds. The van der Waals surface area contributed by atoms with Crippen molar-refractivity contribution < 1.29 is 35.1 Å². The topological polar surface area (TPSA) is 63.6 Å². The molecule has 36 heavy (non-hydrogen) atoms. The van der Waals surface area contributed by atoms with Gasteiger partial charge in [0.05, 0.1) is 5.69 Å². The van der Waals surface area contributed by atoms with E-state index >= 15 is 0 Å². The molecule has 1 saturated heterocycles. The number of alkyl halides is 3. The largest absolute Gasteiger partial charge is 0.573 e. The first-order valence-electron chi connectivity index (χ1n) is 11.0. The van der Waals surface area contributed by atoms with Crippen LogP contribution in [0.15, 0.2) is 60.7 Å². The van der Waals surface area contributed by atoms with E-state index in [2.05, 4.69) is 9.46 Å². The van der Waals surface area contributed by atoms with Crippen molar-refractivity contribution in [3.63, 3.8) is 0 Å². The predicted molar refractivity (Wildman–Crippen MR) is 125 cm³/mol. The smallest absolute Gasteiger partial charge is 0.406 e. The molecule has 0 radical (unpaired) electrons. The monoisotopic (exact) mass is 525 g/mol. The fourth-order valence-electron chi connectivity index (χ4n) is 4.68. The highest BCUT2D eigenvalue weighted by molar-refractivity contribution is 7.90. The summed E-state index contributed by atoms with van der Waals surface area (Å²) in [7, 11) is -4.04. The lowest BCUT2D eigenvalue weighted by Crippen LogP contribution is -2.43. The van der Waals surface area contributed by atoms with E-state index in [0.29, 0.717) is 34.6 Å². The summed E-state index contributed by atoms with van der Waals surface area (Å²) in [6.45, 7) is 0.333. The van der Waals surface area contributed by atoms with Crippen LogP contribution in [0.25, 0.3) is 21.8 Å². The average Bonchev–Trinajstić information content (AvgIpc) is 3.12. The number of nitrogens with one attached hydrogen (secondary N) is 1. The fourth-order valence-corrected chi connectivity index (χ4v) is 5.98. The van der Waals surface area contributed by atoms with Crippen molar-refractivity contribution >= 4 is 37.7 Å². The van der Waals surface area contributed by atoms with Crippen molar-refractivity contribution in [1.82, 2.24) is 8.87 Å². The van der Waals surface area contributed by atoms with Crippen molar-refractivity contribution in [2.45, 2.75) is 25.2 Å². The lowest BCUT2D eigenvalue weighted by Gasteiger charge is -2.33. The van der Waals surface area contributed by atoms with Gasteiger partial charge in [0.15, 0.2) is 0 Å². The Morgan fingerprint density at radius 1 is 0.889 bits per heavy atom. The van der Waals surface area contributed by atoms with E-state index < -0.39 is 34.0 Å². The van der Waals surface area contributed by atoms with Crippen molar-refractivity contribution in [3.8, 4) is 5.75 Å². The molecule has 1 aromatic heterocycles. The number of aromatic nitrogens is 1. The molecule has 2 heterocycles. The van der Waals surface area contributed by atoms with Crippen LogP contribution in [0.1, 0.15) is 18.9 Å². The van der Waals surface area contributed by atoms with Crippen LogP contribution in [0.4, 0.5) is 27.6 Å². The Kier molecular flexibility index (Phi) is 6.03. The van der Waals surface area contributed by atoms with Gasteiger partial charge in [-0.3, -0.25) is 4.72 Å². The van der Waals surface area contributed by atoms with Gasteiger partial charge >= 0.3 is 16.6 Å². The molecule has 4 aromatic rings. The van der Waals surface area contributed by atoms with Gasteiger partial charge in [0.2, 0.25) is 0 Å². The van der Waals surface area contributed by atoms with Gasteiger partial charge in [-0.2, -0.15) is 12.7 Å². The third-order valence-corrected chi connectivity index (χ3v) is 7.63. The molecule has 0 spiro atoms. The van der Waals surface area contributed by atoms with Crippen LogP contribution in [0.3, 0.4) is 0 Å². The van der Waals surface area contributed by atoms with Crippen LogP contribution >= 0.6 is 0 Å². The molecule has 3 aromatic carbocycles. The van der Waals surface area contributed by atoms with Gasteiger partial charge in [-0.1, -0.05) is 0 Å². The van der Waals surface area contributed by atoms with E-state index in [1.807, 2.05) is 4.57 Å². The first kappa shape index (κ1) is 24.3. The zero-order chi connectivity index (χ0) is 25.7. The predicted octanol–water partition coefficient (Wildman–Crippen LogP) is 5.97. The molecule has 1 atom stereocenters. The number of anilines is 1. The summed E-state index contributed by atoms with van der Waals surface area (Å²) < 4.78 is 101. The quantitative estimate of drug-likeness (QED) is 0.327. The van der Waals surface area contributed by atoms with Gasteiger partial charge in [0.25, 0.3) is 0 Å². The van der Waals surface area contributed by atoms with Gasteiger partial charge in [0.1, 0.15) is 17.4 Å². The lowest BCUT2D eigenvalue weighted by atomic mass is 10.1. The van der Waals surface area contributed by atoms with Crippen LogP contribution in [0.2, 0.25) is 0 Å². The number of halogens is 5. The summed E-state index contributed by atoms with van der Waals surface area (Å²) >= 11 is 0. The number of rotatable bonds is 5. The van der Waals surface area contributed by atoms with E-state index in [1.54, 1.807) is 12.1 Å². The maximum Gasteiger partial charge on any atom is 0.573 e. The van der Waals surface area contributed by atoms with E-state index in [1.165, 1.54) is 40.7 Å². The maximum absolute atomic E-state index is 14.0. The van der Waals surface area contributed by atoms with Crippen LogP contribution in [0, 0.1) is 11.6 Å². The molecule has 0 saturated carbocycles. The Bertz CT molecular complexity index is 1480. The molecule has 1 aliphatic rings. The Morgan fingerprint density at radius 3 is 2.03 bits per heavy atom. The summed E-state index contributed by atoms with van der Waals surface area (Å²) in [5.41, 5.74) is 1.40. The first-order chi connectivity index (χ1) is 17.0. The first-order valence-corrected chi connectivity index (χ1v) is 12.5. The van der Waals surface area contributed by atoms with Crippen LogP contribution in [0.5, 0.6) is 5.75 Å². The molecule has 1 fully saturated rings. The number of fused-ring (bicyclic) bond motifs is 3. The number of nitrogens with zero attached hydrogens (tertiary/aromatic N) is 2. The minimum absolute atomic E-state index is 0.0782. The van der Waals surface area contributed by atoms with Gasteiger partial charge in [-0.25, -0.2) is 8.78 Å². The molecule has 1 N–H and O–H groups in total. The Hall–Kier alpha value is -3.38. The summed E-state index contributed by atoms with van der Waals surface area (Å²) in [5, 5.41) is 1.06. The van der Waals surface area contributed by atoms with Crippen LogP contribution < -0.4 is 9.46 Å². The van der Waals surface area contributed by atoms with Gasteiger partial charge in [-0.15, -0.1) is 13.2 Å². The minimum atomic E-state index is -4.85. The molecule has 6 nitrogen and oxygen atoms in total. The third-order valence-electron chi connectivity index (χ3n) is 6.13. The maximum atomic E-state index is 14.0. The Labute approximate surface area is 203 Å². The van der Waals surface area contributed by atoms with E-state index in [-0.39, 0.29) is 24.8 Å². The van der Waals surface area contributed by atoms with Crippen molar-refractivity contribution in [2.24, 2.45) is 0 Å². The molecule has 190 valence electrons. The SMILES string of the molecule is O=S(=O)(Nc1ccc(OC(F)(F)F)cc1)N1CCCC(n2c3ccc(F)cc3c3cc(F)ccc32)C1. The summed E-state index contributed by atoms with van der Waals surface area (Å²) in [5.74, 6) is -1.40. The fraction of sp³-hybridized carbons (Fsp3) is 0.250. The molecule has 12 heteroatoms. The number of ether oxygens (including phenoxy) is 1. The Morgan fingerprint density at radius 2 is 1.47 bits per heavy atom. The number of hydrogen-bond donors (Lipinski definition) is 1. The minimum Gasteiger partial charge on any atom is -0.406 e. The zero-order valence-corrected chi connectivity index (χ0v) is 19.4. The van der Waals surface area contributed by atoms with Crippen molar-refractivity contribution in [1.29, 1.82) is 0 Å². The van der Waals surface area contributed by atoms with Crippen molar-refractivity contribution in [2.75, 3.05) is 17.8 Å². The highest BCUT2D eigenvalue weighted by Gasteiger charge is 2.32. The van der Waals surface area contributed by atoms with Gasteiger partial charge in [-0.05, 0) is 73.5 Å². The second-order valence-corrected chi connectivity index (χ2v) is 10.2. The van der Waals surface area contributed by atoms with Gasteiger partial charge < -0.3 is 9.30 Å². The summed E-state index contributed by atoms with van der Waals surface area (Å²) in [4.78, 5) is 0.